The zero-order valence-electron chi connectivity index (χ0n) is 9.91. The Kier molecular flexibility index (Phi) is 7.00. The van der Waals surface area contributed by atoms with Crippen LogP contribution in [0.1, 0.15) is 12.0 Å². The third-order valence-corrected chi connectivity index (χ3v) is 3.18. The Hall–Kier alpha value is -0.850. The highest BCUT2D eigenvalue weighted by atomic mass is 79.9. The average molecular weight is 330 g/mol. The third kappa shape index (κ3) is 5.20. The molecule has 0 unspecified atom stereocenters. The minimum atomic E-state index is 0. The van der Waals surface area contributed by atoms with Gasteiger partial charge in [-0.25, -0.2) is 0 Å². The number of thioether (sulfide) groups is 1. The predicted octanol–water partition coefficient (Wildman–Crippen LogP) is 2.59. The molecule has 0 bridgehead atoms. The van der Waals surface area contributed by atoms with E-state index in [2.05, 4.69) is 22.3 Å². The van der Waals surface area contributed by atoms with E-state index in [4.69, 9.17) is 10.5 Å². The molecule has 2 rings (SSSR count). The topological polar surface area (TPSA) is 60.0 Å². The molecule has 0 radical (unpaired) electrons. The number of halogens is 1. The number of nitrogens with zero attached hydrogens (tertiary/aromatic N) is 2. The maximum atomic E-state index is 5.58. The second-order valence-corrected chi connectivity index (χ2v) is 4.68. The summed E-state index contributed by atoms with van der Waals surface area (Å²) in [6.07, 6.45) is 0.816. The Labute approximate surface area is 121 Å². The van der Waals surface area contributed by atoms with Crippen molar-refractivity contribution < 1.29 is 4.74 Å². The summed E-state index contributed by atoms with van der Waals surface area (Å²) in [5.74, 6) is 0.823. The number of amidine groups is 1. The molecule has 6 heteroatoms. The quantitative estimate of drug-likeness (QED) is 0.844. The largest absolute Gasteiger partial charge is 0.377 e. The molecule has 0 amide bonds. The van der Waals surface area contributed by atoms with Gasteiger partial charge in [0.25, 0.3) is 0 Å². The lowest BCUT2D eigenvalue weighted by Gasteiger charge is -2.09. The minimum absolute atomic E-state index is 0. The van der Waals surface area contributed by atoms with Gasteiger partial charge in [0, 0.05) is 12.2 Å². The molecule has 0 aromatic heterocycles. The van der Waals surface area contributed by atoms with Crippen molar-refractivity contribution in [2.75, 3.05) is 12.4 Å². The lowest BCUT2D eigenvalue weighted by atomic mass is 10.2. The van der Waals surface area contributed by atoms with Crippen LogP contribution in [0.2, 0.25) is 0 Å². The smallest absolute Gasteiger partial charge is 0.180 e. The van der Waals surface area contributed by atoms with Crippen molar-refractivity contribution in [2.24, 2.45) is 15.9 Å². The molecule has 2 N–H and O–H groups in total. The number of hydrogen-bond donors (Lipinski definition) is 1. The third-order valence-electron chi connectivity index (χ3n) is 2.32. The summed E-state index contributed by atoms with van der Waals surface area (Å²) in [5, 5.41) is 8.41. The zero-order valence-corrected chi connectivity index (χ0v) is 12.4. The summed E-state index contributed by atoms with van der Waals surface area (Å²) >= 11 is 1.52. The Morgan fingerprint density at radius 1 is 1.22 bits per heavy atom. The molecular formula is C12H16BrN3OS. The van der Waals surface area contributed by atoms with E-state index in [0.717, 1.165) is 17.9 Å². The molecule has 0 aliphatic carbocycles. The first-order chi connectivity index (χ1) is 8.34. The summed E-state index contributed by atoms with van der Waals surface area (Å²) in [4.78, 5) is 0. The maximum absolute atomic E-state index is 5.58. The Morgan fingerprint density at radius 2 is 2.00 bits per heavy atom. The molecule has 0 fully saturated rings. The SMILES string of the molecule is Br.NC1=NN=C(CCOCc2ccccc2)CS1. The van der Waals surface area contributed by atoms with Gasteiger partial charge in [-0.05, 0) is 5.56 Å². The fraction of sp³-hybridized carbons (Fsp3) is 0.333. The van der Waals surface area contributed by atoms with Crippen molar-refractivity contribution >= 4 is 39.6 Å². The van der Waals surface area contributed by atoms with E-state index in [0.29, 0.717) is 18.4 Å². The van der Waals surface area contributed by atoms with E-state index in [1.807, 2.05) is 18.2 Å². The molecule has 4 nitrogen and oxygen atoms in total. The minimum Gasteiger partial charge on any atom is -0.377 e. The summed E-state index contributed by atoms with van der Waals surface area (Å²) in [6, 6.07) is 10.1. The van der Waals surface area contributed by atoms with E-state index in [1.54, 1.807) is 0 Å². The van der Waals surface area contributed by atoms with E-state index in [9.17, 15) is 0 Å². The van der Waals surface area contributed by atoms with Crippen LogP contribution in [0.25, 0.3) is 0 Å². The van der Waals surface area contributed by atoms with Crippen LogP contribution in [0.4, 0.5) is 0 Å². The van der Waals surface area contributed by atoms with Gasteiger partial charge in [-0.3, -0.25) is 0 Å². The highest BCUT2D eigenvalue weighted by Gasteiger charge is 2.07. The number of benzene rings is 1. The van der Waals surface area contributed by atoms with Gasteiger partial charge in [0.1, 0.15) is 0 Å². The fourth-order valence-electron chi connectivity index (χ4n) is 1.41. The molecule has 1 aromatic carbocycles. The second-order valence-electron chi connectivity index (χ2n) is 3.68. The van der Waals surface area contributed by atoms with Gasteiger partial charge >= 0.3 is 0 Å². The summed E-state index contributed by atoms with van der Waals surface area (Å²) in [7, 11) is 0. The molecular weight excluding hydrogens is 314 g/mol. The molecule has 0 saturated heterocycles. The molecule has 98 valence electrons. The summed E-state index contributed by atoms with van der Waals surface area (Å²) in [6.45, 7) is 1.32. The molecule has 0 atom stereocenters. The average Bonchev–Trinajstić information content (AvgIpc) is 2.38. The Balaban J connectivity index is 0.00000162. The summed E-state index contributed by atoms with van der Waals surface area (Å²) in [5.41, 5.74) is 7.73. The Morgan fingerprint density at radius 3 is 2.67 bits per heavy atom. The maximum Gasteiger partial charge on any atom is 0.180 e. The molecule has 0 spiro atoms. The van der Waals surface area contributed by atoms with Crippen LogP contribution in [-0.2, 0) is 11.3 Å². The van der Waals surface area contributed by atoms with Crippen LogP contribution in [0.3, 0.4) is 0 Å². The molecule has 1 aliphatic rings. The second kappa shape index (κ2) is 8.29. The van der Waals surface area contributed by atoms with Crippen LogP contribution >= 0.6 is 28.7 Å². The Bertz CT molecular complexity index is 423. The fourth-order valence-corrected chi connectivity index (χ4v) is 2.03. The lowest BCUT2D eigenvalue weighted by Crippen LogP contribution is -2.16. The zero-order chi connectivity index (χ0) is 11.9. The van der Waals surface area contributed by atoms with Crippen LogP contribution < -0.4 is 5.73 Å². The van der Waals surface area contributed by atoms with Crippen molar-refractivity contribution in [2.45, 2.75) is 13.0 Å². The molecule has 0 saturated carbocycles. The number of nitrogens with two attached hydrogens (primary N) is 1. The van der Waals surface area contributed by atoms with Gasteiger partial charge < -0.3 is 10.5 Å². The lowest BCUT2D eigenvalue weighted by molar-refractivity contribution is 0.127. The van der Waals surface area contributed by atoms with Gasteiger partial charge in [0.2, 0.25) is 0 Å². The molecule has 18 heavy (non-hydrogen) atoms. The van der Waals surface area contributed by atoms with E-state index < -0.39 is 0 Å². The van der Waals surface area contributed by atoms with Crippen LogP contribution in [0.5, 0.6) is 0 Å². The highest BCUT2D eigenvalue weighted by Crippen LogP contribution is 2.09. The van der Waals surface area contributed by atoms with Gasteiger partial charge in [-0.2, -0.15) is 5.10 Å². The van der Waals surface area contributed by atoms with Gasteiger partial charge in [-0.15, -0.1) is 22.1 Å². The monoisotopic (exact) mass is 329 g/mol. The molecule has 1 aliphatic heterocycles. The van der Waals surface area contributed by atoms with Crippen molar-refractivity contribution in [1.82, 2.24) is 0 Å². The van der Waals surface area contributed by atoms with E-state index >= 15 is 0 Å². The first kappa shape index (κ1) is 15.2. The van der Waals surface area contributed by atoms with Crippen molar-refractivity contribution in [3.63, 3.8) is 0 Å². The van der Waals surface area contributed by atoms with Crippen LogP contribution in [0, 0.1) is 0 Å². The van der Waals surface area contributed by atoms with E-state index in [-0.39, 0.29) is 17.0 Å². The van der Waals surface area contributed by atoms with Crippen LogP contribution in [0.15, 0.2) is 40.5 Å². The molecule has 1 aromatic rings. The predicted molar refractivity (Wildman–Crippen MR) is 82.6 cm³/mol. The van der Waals surface area contributed by atoms with Gasteiger partial charge in [0.15, 0.2) is 5.17 Å². The van der Waals surface area contributed by atoms with Crippen molar-refractivity contribution in [3.8, 4) is 0 Å². The number of hydrogen-bond acceptors (Lipinski definition) is 5. The standard InChI is InChI=1S/C12H15N3OS.BrH/c13-12-15-14-11(9-17-12)6-7-16-8-10-4-2-1-3-5-10;/h1-5H,6-9H2,(H2,13,15);1H. The van der Waals surface area contributed by atoms with Crippen molar-refractivity contribution in [1.29, 1.82) is 0 Å². The number of ether oxygens (including phenoxy) is 1. The van der Waals surface area contributed by atoms with Crippen LogP contribution in [-0.4, -0.2) is 23.2 Å². The van der Waals surface area contributed by atoms with E-state index in [1.165, 1.54) is 17.3 Å². The first-order valence-electron chi connectivity index (χ1n) is 5.48. The van der Waals surface area contributed by atoms with Gasteiger partial charge in [-0.1, -0.05) is 42.1 Å². The highest BCUT2D eigenvalue weighted by molar-refractivity contribution is 8.93. The first-order valence-corrected chi connectivity index (χ1v) is 6.46. The number of rotatable bonds is 5. The normalized spacial score (nSPS) is 14.4. The summed E-state index contributed by atoms with van der Waals surface area (Å²) < 4.78 is 5.58. The van der Waals surface area contributed by atoms with Crippen molar-refractivity contribution in [3.05, 3.63) is 35.9 Å². The van der Waals surface area contributed by atoms with Gasteiger partial charge in [0.05, 0.1) is 18.9 Å². The molecule has 1 heterocycles.